The van der Waals surface area contributed by atoms with E-state index in [4.69, 9.17) is 9.15 Å². The van der Waals surface area contributed by atoms with E-state index in [1.165, 1.54) is 18.2 Å². The van der Waals surface area contributed by atoms with E-state index in [9.17, 15) is 8.78 Å². The molecule has 2 heterocycles. The molecule has 0 bridgehead atoms. The number of ether oxygens (including phenoxy) is 1. The highest BCUT2D eigenvalue weighted by Crippen LogP contribution is 2.41. The van der Waals surface area contributed by atoms with Gasteiger partial charge in [-0.1, -0.05) is 24.3 Å². The maximum Gasteiger partial charge on any atom is 0.250 e. The van der Waals surface area contributed by atoms with E-state index in [1.807, 2.05) is 6.07 Å². The topological polar surface area (TPSA) is 48.2 Å². The van der Waals surface area contributed by atoms with E-state index < -0.39 is 11.2 Å². The first kappa shape index (κ1) is 15.9. The molecular formula is C19H16F2N2O2. The van der Waals surface area contributed by atoms with E-state index in [0.717, 1.165) is 5.56 Å². The Morgan fingerprint density at radius 2 is 1.72 bits per heavy atom. The summed E-state index contributed by atoms with van der Waals surface area (Å²) in [4.78, 5) is 0. The number of hydrogen-bond donors (Lipinski definition) is 0. The predicted molar refractivity (Wildman–Crippen MR) is 86.9 cm³/mol. The zero-order chi connectivity index (χ0) is 17.3. The molecule has 128 valence electrons. The third-order valence-electron chi connectivity index (χ3n) is 4.66. The Labute approximate surface area is 143 Å². The minimum Gasteiger partial charge on any atom is -0.420 e. The van der Waals surface area contributed by atoms with Crippen molar-refractivity contribution in [1.82, 2.24) is 10.2 Å². The largest absolute Gasteiger partial charge is 0.420 e. The number of benzene rings is 2. The van der Waals surface area contributed by atoms with Crippen molar-refractivity contribution >= 4 is 0 Å². The van der Waals surface area contributed by atoms with Crippen LogP contribution in [-0.4, -0.2) is 23.4 Å². The van der Waals surface area contributed by atoms with E-state index in [2.05, 4.69) is 10.2 Å². The van der Waals surface area contributed by atoms with Crippen molar-refractivity contribution in [3.05, 3.63) is 71.6 Å². The van der Waals surface area contributed by atoms with Gasteiger partial charge in [0.1, 0.15) is 11.6 Å². The first-order chi connectivity index (χ1) is 12.2. The molecule has 1 saturated heterocycles. The molecule has 6 heteroatoms. The summed E-state index contributed by atoms with van der Waals surface area (Å²) >= 11 is 0. The Balaban J connectivity index is 1.80. The zero-order valence-corrected chi connectivity index (χ0v) is 13.4. The summed E-state index contributed by atoms with van der Waals surface area (Å²) in [6.45, 7) is 1.02. The van der Waals surface area contributed by atoms with Crippen molar-refractivity contribution in [2.24, 2.45) is 0 Å². The molecule has 0 atom stereocenters. The van der Waals surface area contributed by atoms with Gasteiger partial charge in [-0.2, -0.15) is 0 Å². The summed E-state index contributed by atoms with van der Waals surface area (Å²) < 4.78 is 39.1. The van der Waals surface area contributed by atoms with E-state index in [-0.39, 0.29) is 17.3 Å². The average molecular weight is 342 g/mol. The maximum atomic E-state index is 14.0. The standard InChI is InChI=1S/C19H16F2N2O2/c20-14-5-3-4-13(12-14)19(8-10-24-11-9-19)18-23-22-17(25-18)15-6-1-2-7-16(15)21/h1-7,12H,8-11H2. The molecule has 4 nitrogen and oxygen atoms in total. The predicted octanol–water partition coefficient (Wildman–Crippen LogP) is 4.11. The Morgan fingerprint density at radius 1 is 0.920 bits per heavy atom. The zero-order valence-electron chi connectivity index (χ0n) is 13.4. The Bertz CT molecular complexity index is 888. The molecular weight excluding hydrogens is 326 g/mol. The van der Waals surface area contributed by atoms with Crippen molar-refractivity contribution in [3.63, 3.8) is 0 Å². The van der Waals surface area contributed by atoms with Gasteiger partial charge in [-0.25, -0.2) is 8.78 Å². The van der Waals surface area contributed by atoms with Crippen molar-refractivity contribution < 1.29 is 17.9 Å². The van der Waals surface area contributed by atoms with Crippen LogP contribution in [0.1, 0.15) is 24.3 Å². The van der Waals surface area contributed by atoms with Crippen molar-refractivity contribution in [2.75, 3.05) is 13.2 Å². The highest BCUT2D eigenvalue weighted by Gasteiger charge is 2.41. The number of halogens is 2. The fourth-order valence-electron chi connectivity index (χ4n) is 3.29. The molecule has 0 spiro atoms. The van der Waals surface area contributed by atoms with Crippen molar-refractivity contribution in [2.45, 2.75) is 18.3 Å². The smallest absolute Gasteiger partial charge is 0.250 e. The lowest BCUT2D eigenvalue weighted by Crippen LogP contribution is -2.35. The van der Waals surface area contributed by atoms with Crippen LogP contribution in [0.2, 0.25) is 0 Å². The Hall–Kier alpha value is -2.60. The Kier molecular flexibility index (Phi) is 4.05. The molecule has 1 aliphatic rings. The normalized spacial score (nSPS) is 16.7. The summed E-state index contributed by atoms with van der Waals surface area (Å²) in [6, 6.07) is 12.6. The average Bonchev–Trinajstić information content (AvgIpc) is 3.13. The fraction of sp³-hybridized carbons (Fsp3) is 0.263. The first-order valence-electron chi connectivity index (χ1n) is 8.12. The van der Waals surface area contributed by atoms with Crippen LogP contribution in [0.25, 0.3) is 11.5 Å². The number of aromatic nitrogens is 2. The van der Waals surface area contributed by atoms with E-state index in [0.29, 0.717) is 31.9 Å². The molecule has 2 aromatic carbocycles. The van der Waals surface area contributed by atoms with Gasteiger partial charge in [-0.05, 0) is 42.7 Å². The van der Waals surface area contributed by atoms with Gasteiger partial charge in [0.2, 0.25) is 5.89 Å². The summed E-state index contributed by atoms with van der Waals surface area (Å²) in [5, 5.41) is 8.20. The molecule has 1 aromatic heterocycles. The quantitative estimate of drug-likeness (QED) is 0.719. The molecule has 1 fully saturated rings. The minimum atomic E-state index is -0.628. The van der Waals surface area contributed by atoms with Crippen LogP contribution in [0.15, 0.2) is 52.9 Å². The van der Waals surface area contributed by atoms with Crippen LogP contribution < -0.4 is 0 Å². The second kappa shape index (κ2) is 6.37. The van der Waals surface area contributed by atoms with Gasteiger partial charge in [-0.3, -0.25) is 0 Å². The van der Waals surface area contributed by atoms with Crippen LogP contribution >= 0.6 is 0 Å². The van der Waals surface area contributed by atoms with Crippen LogP contribution in [-0.2, 0) is 10.2 Å². The van der Waals surface area contributed by atoms with Crippen LogP contribution in [0, 0.1) is 11.6 Å². The lowest BCUT2D eigenvalue weighted by atomic mass is 9.74. The molecule has 1 aliphatic heterocycles. The number of rotatable bonds is 3. The highest BCUT2D eigenvalue weighted by molar-refractivity contribution is 5.53. The molecule has 3 aromatic rings. The second-order valence-corrected chi connectivity index (χ2v) is 6.10. The van der Waals surface area contributed by atoms with Gasteiger partial charge >= 0.3 is 0 Å². The minimum absolute atomic E-state index is 0.121. The van der Waals surface area contributed by atoms with E-state index >= 15 is 0 Å². The molecule has 0 aliphatic carbocycles. The molecule has 4 rings (SSSR count). The van der Waals surface area contributed by atoms with Gasteiger partial charge in [0.25, 0.3) is 5.89 Å². The monoisotopic (exact) mass is 342 g/mol. The van der Waals surface area contributed by atoms with Gasteiger partial charge in [-0.15, -0.1) is 10.2 Å². The third kappa shape index (κ3) is 2.82. The second-order valence-electron chi connectivity index (χ2n) is 6.10. The molecule has 0 unspecified atom stereocenters. The number of hydrogen-bond acceptors (Lipinski definition) is 4. The summed E-state index contributed by atoms with van der Waals surface area (Å²) in [5.41, 5.74) is 0.388. The number of nitrogens with zero attached hydrogens (tertiary/aromatic N) is 2. The molecule has 25 heavy (non-hydrogen) atoms. The van der Waals surface area contributed by atoms with E-state index in [1.54, 1.807) is 24.3 Å². The van der Waals surface area contributed by atoms with Crippen molar-refractivity contribution in [3.8, 4) is 11.5 Å². The molecule has 0 radical (unpaired) electrons. The van der Waals surface area contributed by atoms with Crippen LogP contribution in [0.3, 0.4) is 0 Å². The lowest BCUT2D eigenvalue weighted by molar-refractivity contribution is 0.0545. The van der Waals surface area contributed by atoms with Crippen LogP contribution in [0.4, 0.5) is 8.78 Å². The van der Waals surface area contributed by atoms with Crippen LogP contribution in [0.5, 0.6) is 0 Å². The summed E-state index contributed by atoms with van der Waals surface area (Å²) in [6.07, 6.45) is 1.19. The highest BCUT2D eigenvalue weighted by atomic mass is 19.1. The molecule has 0 amide bonds. The SMILES string of the molecule is Fc1cccc(C2(c3nnc(-c4ccccc4F)o3)CCOCC2)c1. The van der Waals surface area contributed by atoms with Gasteiger partial charge < -0.3 is 9.15 Å². The van der Waals surface area contributed by atoms with Crippen molar-refractivity contribution in [1.29, 1.82) is 0 Å². The molecule has 0 saturated carbocycles. The lowest BCUT2D eigenvalue weighted by Gasteiger charge is -2.34. The summed E-state index contributed by atoms with van der Waals surface area (Å²) in [7, 11) is 0. The third-order valence-corrected chi connectivity index (χ3v) is 4.66. The molecule has 0 N–H and O–H groups in total. The van der Waals surface area contributed by atoms with Gasteiger partial charge in [0.05, 0.1) is 11.0 Å². The summed E-state index contributed by atoms with van der Waals surface area (Å²) in [5.74, 6) is -0.267. The van der Waals surface area contributed by atoms with Gasteiger partial charge in [0, 0.05) is 13.2 Å². The first-order valence-corrected chi connectivity index (χ1v) is 8.12. The van der Waals surface area contributed by atoms with Gasteiger partial charge in [0.15, 0.2) is 0 Å². The maximum absolute atomic E-state index is 14.0. The fourth-order valence-corrected chi connectivity index (χ4v) is 3.29. The Morgan fingerprint density at radius 3 is 2.48 bits per heavy atom.